The highest BCUT2D eigenvalue weighted by Gasteiger charge is 2.48. The molecule has 1 aromatic rings. The first-order chi connectivity index (χ1) is 11.5. The van der Waals surface area contributed by atoms with E-state index in [0.717, 1.165) is 38.7 Å². The molecule has 0 saturated carbocycles. The molecule has 0 saturated heterocycles. The summed E-state index contributed by atoms with van der Waals surface area (Å²) < 4.78 is 11.6. The SMILES string of the molecule is CCC1(CC)c2cc(O)ccc2CC(OC(C)CCCOC)C1[NH3+].[Cl-]. The standard InChI is InChI=1S/C20H33NO3.ClH/c1-5-20(6-2)17-13-16(22)10-9-15(17)12-18(19(20)21)24-14(3)8-7-11-23-4;/h9-10,13-14,18-19,22H,5-8,11-12,21H2,1-4H3;1H. The fraction of sp³-hybridized carbons (Fsp3) is 0.700. The third-order valence-electron chi connectivity index (χ3n) is 5.84. The summed E-state index contributed by atoms with van der Waals surface area (Å²) in [4.78, 5) is 0. The summed E-state index contributed by atoms with van der Waals surface area (Å²) in [6, 6.07) is 5.98. The zero-order valence-corrected chi connectivity index (χ0v) is 16.8. The predicted octanol–water partition coefficient (Wildman–Crippen LogP) is -0.179. The van der Waals surface area contributed by atoms with Crippen molar-refractivity contribution in [2.24, 2.45) is 0 Å². The fourth-order valence-electron chi connectivity index (χ4n) is 4.30. The van der Waals surface area contributed by atoms with Gasteiger partial charge in [-0.1, -0.05) is 19.9 Å². The lowest BCUT2D eigenvalue weighted by atomic mass is 9.63. The number of aromatic hydroxyl groups is 1. The summed E-state index contributed by atoms with van der Waals surface area (Å²) in [7, 11) is 1.74. The van der Waals surface area contributed by atoms with Crippen LogP contribution < -0.4 is 18.1 Å². The molecule has 0 fully saturated rings. The van der Waals surface area contributed by atoms with Gasteiger partial charge in [0.2, 0.25) is 0 Å². The Morgan fingerprint density at radius 1 is 1.32 bits per heavy atom. The maximum atomic E-state index is 9.97. The first-order valence-electron chi connectivity index (χ1n) is 9.28. The van der Waals surface area contributed by atoms with Crippen molar-refractivity contribution < 1.29 is 32.7 Å². The molecular formula is C20H34ClNO3. The van der Waals surface area contributed by atoms with Crippen LogP contribution in [0.2, 0.25) is 0 Å². The molecule has 4 nitrogen and oxygen atoms in total. The Morgan fingerprint density at radius 2 is 2.00 bits per heavy atom. The molecule has 5 heteroatoms. The largest absolute Gasteiger partial charge is 1.00 e. The highest BCUT2D eigenvalue weighted by molar-refractivity contribution is 5.44. The number of phenols is 1. The van der Waals surface area contributed by atoms with Crippen LogP contribution in [-0.2, 0) is 21.3 Å². The van der Waals surface area contributed by atoms with Crippen LogP contribution in [0.1, 0.15) is 57.6 Å². The summed E-state index contributed by atoms with van der Waals surface area (Å²) in [5, 5.41) is 9.97. The van der Waals surface area contributed by atoms with Gasteiger partial charge in [-0.05, 0) is 55.9 Å². The molecule has 3 unspecified atom stereocenters. The number of halogens is 1. The van der Waals surface area contributed by atoms with Crippen LogP contribution in [0, 0.1) is 0 Å². The lowest BCUT2D eigenvalue weighted by Crippen LogP contribution is -3.00. The molecule has 25 heavy (non-hydrogen) atoms. The van der Waals surface area contributed by atoms with E-state index >= 15 is 0 Å². The molecule has 144 valence electrons. The number of fused-ring (bicyclic) bond motifs is 1. The molecule has 0 amide bonds. The highest BCUT2D eigenvalue weighted by atomic mass is 35.5. The number of hydrogen-bond acceptors (Lipinski definition) is 3. The molecule has 0 heterocycles. The number of methoxy groups -OCH3 is 1. The van der Waals surface area contributed by atoms with Gasteiger partial charge in [-0.25, -0.2) is 0 Å². The van der Waals surface area contributed by atoms with Crippen molar-refractivity contribution in [3.05, 3.63) is 29.3 Å². The van der Waals surface area contributed by atoms with Gasteiger partial charge in [0, 0.05) is 25.6 Å². The molecule has 0 aliphatic heterocycles. The Balaban J connectivity index is 0.00000312. The number of phenolic OH excluding ortho intramolecular Hbond substituents is 1. The maximum absolute atomic E-state index is 9.97. The van der Waals surface area contributed by atoms with Crippen molar-refractivity contribution in [1.82, 2.24) is 0 Å². The van der Waals surface area contributed by atoms with Crippen molar-refractivity contribution in [1.29, 1.82) is 0 Å². The predicted molar refractivity (Wildman–Crippen MR) is 96.2 cm³/mol. The van der Waals surface area contributed by atoms with E-state index in [0.29, 0.717) is 5.75 Å². The normalized spacial score (nSPS) is 22.8. The van der Waals surface area contributed by atoms with E-state index in [1.807, 2.05) is 6.07 Å². The molecule has 3 atom stereocenters. The second-order valence-electron chi connectivity index (χ2n) is 7.14. The first-order valence-corrected chi connectivity index (χ1v) is 9.28. The number of quaternary nitrogens is 1. The minimum absolute atomic E-state index is 0. The van der Waals surface area contributed by atoms with Crippen LogP contribution in [0.4, 0.5) is 0 Å². The molecule has 0 aromatic heterocycles. The molecule has 1 aliphatic carbocycles. The summed E-state index contributed by atoms with van der Waals surface area (Å²) >= 11 is 0. The summed E-state index contributed by atoms with van der Waals surface area (Å²) in [5.41, 5.74) is 7.06. The van der Waals surface area contributed by atoms with Crippen molar-refractivity contribution in [3.8, 4) is 5.75 Å². The second kappa shape index (κ2) is 9.77. The molecular weight excluding hydrogens is 338 g/mol. The molecule has 0 radical (unpaired) electrons. The number of hydrogen-bond donors (Lipinski definition) is 2. The Hall–Kier alpha value is -0.810. The highest BCUT2D eigenvalue weighted by Crippen LogP contribution is 2.43. The summed E-state index contributed by atoms with van der Waals surface area (Å²) in [6.45, 7) is 7.37. The van der Waals surface area contributed by atoms with Crippen LogP contribution in [0.25, 0.3) is 0 Å². The zero-order chi connectivity index (χ0) is 17.7. The van der Waals surface area contributed by atoms with Gasteiger partial charge < -0.3 is 32.7 Å². The van der Waals surface area contributed by atoms with Crippen molar-refractivity contribution in [3.63, 3.8) is 0 Å². The number of ether oxygens (including phenoxy) is 2. The average molecular weight is 372 g/mol. The molecule has 1 aromatic carbocycles. The van der Waals surface area contributed by atoms with E-state index in [2.05, 4.69) is 32.6 Å². The third kappa shape index (κ3) is 4.68. The van der Waals surface area contributed by atoms with E-state index in [4.69, 9.17) is 9.47 Å². The Kier molecular flexibility index (Phi) is 8.69. The van der Waals surface area contributed by atoms with Gasteiger partial charge in [0.25, 0.3) is 0 Å². The second-order valence-corrected chi connectivity index (χ2v) is 7.14. The molecule has 4 N–H and O–H groups in total. The quantitative estimate of drug-likeness (QED) is 0.623. The minimum Gasteiger partial charge on any atom is -1.00 e. The van der Waals surface area contributed by atoms with Crippen LogP contribution in [0.15, 0.2) is 18.2 Å². The zero-order valence-electron chi connectivity index (χ0n) is 16.1. The molecule has 0 spiro atoms. The van der Waals surface area contributed by atoms with E-state index in [1.165, 1.54) is 11.1 Å². The first kappa shape index (κ1) is 22.2. The van der Waals surface area contributed by atoms with Crippen LogP contribution in [0.3, 0.4) is 0 Å². The van der Waals surface area contributed by atoms with Gasteiger partial charge in [-0.3, -0.25) is 0 Å². The monoisotopic (exact) mass is 371 g/mol. The van der Waals surface area contributed by atoms with Gasteiger partial charge >= 0.3 is 0 Å². The maximum Gasteiger partial charge on any atom is 0.121 e. The number of benzene rings is 1. The van der Waals surface area contributed by atoms with E-state index in [-0.39, 0.29) is 36.1 Å². The average Bonchev–Trinajstić information content (AvgIpc) is 2.57. The fourth-order valence-corrected chi connectivity index (χ4v) is 4.30. The van der Waals surface area contributed by atoms with Crippen molar-refractivity contribution in [2.45, 2.75) is 76.5 Å². The summed E-state index contributed by atoms with van der Waals surface area (Å²) in [5.74, 6) is 0.347. The van der Waals surface area contributed by atoms with Crippen LogP contribution >= 0.6 is 0 Å². The minimum atomic E-state index is -0.0246. The Bertz CT molecular complexity index is 534. The van der Waals surface area contributed by atoms with E-state index < -0.39 is 0 Å². The third-order valence-corrected chi connectivity index (χ3v) is 5.84. The van der Waals surface area contributed by atoms with Gasteiger partial charge in [0.1, 0.15) is 17.9 Å². The Morgan fingerprint density at radius 3 is 2.60 bits per heavy atom. The van der Waals surface area contributed by atoms with Gasteiger partial charge in [-0.2, -0.15) is 0 Å². The van der Waals surface area contributed by atoms with Gasteiger partial charge in [0.05, 0.1) is 6.10 Å². The lowest BCUT2D eigenvalue weighted by molar-refractivity contribution is -0.461. The number of rotatable bonds is 8. The smallest absolute Gasteiger partial charge is 0.121 e. The topological polar surface area (TPSA) is 66.3 Å². The molecule has 2 rings (SSSR count). The van der Waals surface area contributed by atoms with Gasteiger partial charge in [0.15, 0.2) is 0 Å². The molecule has 0 bridgehead atoms. The lowest BCUT2D eigenvalue weighted by Gasteiger charge is -2.45. The van der Waals surface area contributed by atoms with E-state index in [9.17, 15) is 5.11 Å². The van der Waals surface area contributed by atoms with Crippen molar-refractivity contribution in [2.75, 3.05) is 13.7 Å². The summed E-state index contributed by atoms with van der Waals surface area (Å²) in [6.07, 6.45) is 5.24. The van der Waals surface area contributed by atoms with E-state index in [1.54, 1.807) is 13.2 Å². The Labute approximate surface area is 158 Å². The van der Waals surface area contributed by atoms with Gasteiger partial charge in [-0.15, -0.1) is 0 Å². The van der Waals surface area contributed by atoms with Crippen molar-refractivity contribution >= 4 is 0 Å². The molecule has 1 aliphatic rings. The van der Waals surface area contributed by atoms with Crippen LogP contribution in [0.5, 0.6) is 5.75 Å². The van der Waals surface area contributed by atoms with Crippen LogP contribution in [-0.4, -0.2) is 37.1 Å².